The predicted octanol–water partition coefficient (Wildman–Crippen LogP) is 0.788. The molecule has 1 aromatic heterocycles. The number of nitrogens with one attached hydrogen (secondary N) is 1. The van der Waals surface area contributed by atoms with Gasteiger partial charge in [0.1, 0.15) is 23.6 Å². The molecule has 88 valence electrons. The third-order valence-corrected chi connectivity index (χ3v) is 1.89. The van der Waals surface area contributed by atoms with Crippen LogP contribution < -0.4 is 11.1 Å². The fraction of sp³-hybridized carbons (Fsp3) is 0.200. The van der Waals surface area contributed by atoms with E-state index in [1.165, 1.54) is 6.07 Å². The largest absolute Gasteiger partial charge is 0.365 e. The molecular formula is C10H11N5O2. The van der Waals surface area contributed by atoms with Crippen LogP contribution in [0.4, 0.5) is 11.5 Å². The molecule has 0 aliphatic heterocycles. The number of anilines is 1. The lowest BCUT2D eigenvalue weighted by Crippen LogP contribution is -2.04. The van der Waals surface area contributed by atoms with Crippen molar-refractivity contribution in [3.63, 3.8) is 0 Å². The average molecular weight is 233 g/mol. The second kappa shape index (κ2) is 6.19. The first-order valence-corrected chi connectivity index (χ1v) is 4.82. The Bertz CT molecular complexity index is 478. The molecule has 0 saturated carbocycles. The first kappa shape index (κ1) is 12.6. The van der Waals surface area contributed by atoms with E-state index in [0.29, 0.717) is 18.9 Å². The van der Waals surface area contributed by atoms with Gasteiger partial charge in [-0.15, -0.1) is 0 Å². The average Bonchev–Trinajstić information content (AvgIpc) is 2.34. The summed E-state index contributed by atoms with van der Waals surface area (Å²) in [4.78, 5) is 13.7. The van der Waals surface area contributed by atoms with E-state index in [1.54, 1.807) is 12.2 Å². The Labute approximate surface area is 97.7 Å². The van der Waals surface area contributed by atoms with E-state index < -0.39 is 4.92 Å². The second-order valence-corrected chi connectivity index (χ2v) is 3.05. The first-order valence-electron chi connectivity index (χ1n) is 4.82. The van der Waals surface area contributed by atoms with Crippen LogP contribution in [0, 0.1) is 21.4 Å². The number of aromatic nitrogens is 1. The zero-order valence-electron chi connectivity index (χ0n) is 8.96. The molecule has 0 spiro atoms. The topological polar surface area (TPSA) is 118 Å². The summed E-state index contributed by atoms with van der Waals surface area (Å²) in [7, 11) is 0. The standard InChI is InChI=1S/C10H11N5O2/c11-3-1-2-4-13-10-8(6-12)5-9(7-14-10)15(16)17/h1-2,5,7H,3-4,11H2,(H,13,14)/b2-1+. The van der Waals surface area contributed by atoms with Crippen molar-refractivity contribution in [3.05, 3.63) is 40.1 Å². The minimum Gasteiger partial charge on any atom is -0.365 e. The summed E-state index contributed by atoms with van der Waals surface area (Å²) in [5, 5.41) is 22.2. The maximum absolute atomic E-state index is 10.5. The molecule has 17 heavy (non-hydrogen) atoms. The zero-order valence-corrected chi connectivity index (χ0v) is 8.96. The van der Waals surface area contributed by atoms with Crippen molar-refractivity contribution >= 4 is 11.5 Å². The molecule has 7 heteroatoms. The third-order valence-electron chi connectivity index (χ3n) is 1.89. The summed E-state index contributed by atoms with van der Waals surface area (Å²) in [6, 6.07) is 3.04. The van der Waals surface area contributed by atoms with Crippen LogP contribution in [-0.2, 0) is 0 Å². The fourth-order valence-electron chi connectivity index (χ4n) is 1.11. The van der Waals surface area contributed by atoms with Crippen molar-refractivity contribution in [2.45, 2.75) is 0 Å². The Morgan fingerprint density at radius 3 is 3.00 bits per heavy atom. The highest BCUT2D eigenvalue weighted by molar-refractivity contribution is 5.55. The normalized spacial score (nSPS) is 10.1. The number of nitrogens with zero attached hydrogens (tertiary/aromatic N) is 3. The summed E-state index contributed by atoms with van der Waals surface area (Å²) in [5.41, 5.74) is 5.19. The summed E-state index contributed by atoms with van der Waals surface area (Å²) in [6.07, 6.45) is 4.64. The molecule has 0 unspecified atom stereocenters. The van der Waals surface area contributed by atoms with E-state index >= 15 is 0 Å². The van der Waals surface area contributed by atoms with Gasteiger partial charge in [0.05, 0.1) is 4.92 Å². The molecule has 7 nitrogen and oxygen atoms in total. The molecule has 0 radical (unpaired) electrons. The van der Waals surface area contributed by atoms with Crippen molar-refractivity contribution in [2.75, 3.05) is 18.4 Å². The summed E-state index contributed by atoms with van der Waals surface area (Å²) in [5.74, 6) is 0.319. The van der Waals surface area contributed by atoms with Crippen LogP contribution in [0.3, 0.4) is 0 Å². The van der Waals surface area contributed by atoms with Gasteiger partial charge in [0.25, 0.3) is 5.69 Å². The number of rotatable bonds is 5. The Hall–Kier alpha value is -2.46. The zero-order chi connectivity index (χ0) is 12.7. The lowest BCUT2D eigenvalue weighted by atomic mass is 10.2. The molecule has 0 bridgehead atoms. The van der Waals surface area contributed by atoms with Crippen molar-refractivity contribution in [1.82, 2.24) is 4.98 Å². The van der Waals surface area contributed by atoms with Crippen LogP contribution in [0.2, 0.25) is 0 Å². The van der Waals surface area contributed by atoms with Gasteiger partial charge in [0, 0.05) is 19.2 Å². The van der Waals surface area contributed by atoms with Gasteiger partial charge >= 0.3 is 0 Å². The molecule has 0 aliphatic carbocycles. The van der Waals surface area contributed by atoms with E-state index in [0.717, 1.165) is 6.20 Å². The summed E-state index contributed by atoms with van der Waals surface area (Å²) in [6.45, 7) is 0.886. The van der Waals surface area contributed by atoms with Crippen LogP contribution >= 0.6 is 0 Å². The minimum atomic E-state index is -0.591. The van der Waals surface area contributed by atoms with Crippen molar-refractivity contribution in [3.8, 4) is 6.07 Å². The number of nitrogens with two attached hydrogens (primary N) is 1. The van der Waals surface area contributed by atoms with Gasteiger partial charge in [0.15, 0.2) is 0 Å². The fourth-order valence-corrected chi connectivity index (χ4v) is 1.11. The van der Waals surface area contributed by atoms with Crippen molar-refractivity contribution < 1.29 is 4.92 Å². The van der Waals surface area contributed by atoms with Crippen LogP contribution in [0.5, 0.6) is 0 Å². The maximum Gasteiger partial charge on any atom is 0.289 e. The van der Waals surface area contributed by atoms with Crippen LogP contribution in [0.25, 0.3) is 0 Å². The Morgan fingerprint density at radius 1 is 1.65 bits per heavy atom. The van der Waals surface area contributed by atoms with E-state index in [9.17, 15) is 10.1 Å². The molecule has 0 atom stereocenters. The smallest absolute Gasteiger partial charge is 0.289 e. The Kier molecular flexibility index (Phi) is 4.59. The SMILES string of the molecule is N#Cc1cc([N+](=O)[O-])cnc1NC/C=C/CN. The van der Waals surface area contributed by atoms with Crippen molar-refractivity contribution in [2.24, 2.45) is 5.73 Å². The number of nitriles is 1. The maximum atomic E-state index is 10.5. The molecular weight excluding hydrogens is 222 g/mol. The third kappa shape index (κ3) is 3.55. The van der Waals surface area contributed by atoms with Gasteiger partial charge in [-0.1, -0.05) is 12.2 Å². The minimum absolute atomic E-state index is 0.139. The van der Waals surface area contributed by atoms with Gasteiger partial charge in [-0.25, -0.2) is 4.98 Å². The molecule has 0 saturated heterocycles. The molecule has 1 heterocycles. The van der Waals surface area contributed by atoms with E-state index in [-0.39, 0.29) is 11.3 Å². The Morgan fingerprint density at radius 2 is 2.41 bits per heavy atom. The van der Waals surface area contributed by atoms with E-state index in [4.69, 9.17) is 11.0 Å². The molecule has 0 aromatic carbocycles. The van der Waals surface area contributed by atoms with Crippen LogP contribution in [0.15, 0.2) is 24.4 Å². The number of nitro groups is 1. The molecule has 1 rings (SSSR count). The molecule has 0 fully saturated rings. The molecule has 0 aliphatic rings. The van der Waals surface area contributed by atoms with Crippen LogP contribution in [-0.4, -0.2) is 23.0 Å². The summed E-state index contributed by atoms with van der Waals surface area (Å²) >= 11 is 0. The van der Waals surface area contributed by atoms with Gasteiger partial charge in [0.2, 0.25) is 0 Å². The monoisotopic (exact) mass is 233 g/mol. The second-order valence-electron chi connectivity index (χ2n) is 3.05. The molecule has 0 amide bonds. The predicted molar refractivity (Wildman–Crippen MR) is 62.3 cm³/mol. The highest BCUT2D eigenvalue weighted by atomic mass is 16.6. The quantitative estimate of drug-likeness (QED) is 0.441. The Balaban J connectivity index is 2.83. The van der Waals surface area contributed by atoms with E-state index in [1.807, 2.05) is 6.07 Å². The van der Waals surface area contributed by atoms with Gasteiger partial charge in [-0.05, 0) is 0 Å². The van der Waals surface area contributed by atoms with E-state index in [2.05, 4.69) is 10.3 Å². The molecule has 3 N–H and O–H groups in total. The number of hydrogen-bond donors (Lipinski definition) is 2. The molecule has 1 aromatic rings. The van der Waals surface area contributed by atoms with Gasteiger partial charge in [-0.3, -0.25) is 10.1 Å². The van der Waals surface area contributed by atoms with Crippen molar-refractivity contribution in [1.29, 1.82) is 5.26 Å². The lowest BCUT2D eigenvalue weighted by Gasteiger charge is -2.03. The van der Waals surface area contributed by atoms with Gasteiger partial charge < -0.3 is 11.1 Å². The lowest BCUT2D eigenvalue weighted by molar-refractivity contribution is -0.385. The highest BCUT2D eigenvalue weighted by Gasteiger charge is 2.11. The first-order chi connectivity index (χ1) is 8.19. The summed E-state index contributed by atoms with van der Waals surface area (Å²) < 4.78 is 0. The van der Waals surface area contributed by atoms with Gasteiger partial charge in [-0.2, -0.15) is 5.26 Å². The highest BCUT2D eigenvalue weighted by Crippen LogP contribution is 2.17. The number of pyridine rings is 1. The van der Waals surface area contributed by atoms with Crippen LogP contribution in [0.1, 0.15) is 5.56 Å². The number of hydrogen-bond acceptors (Lipinski definition) is 6.